The van der Waals surface area contributed by atoms with Crippen LogP contribution in [-0.2, 0) is 0 Å². The number of aryl methyl sites for hydroxylation is 1. The highest BCUT2D eigenvalue weighted by Gasteiger charge is 2.15. The van der Waals surface area contributed by atoms with Gasteiger partial charge in [0.25, 0.3) is 0 Å². The van der Waals surface area contributed by atoms with E-state index in [1.807, 2.05) is 17.5 Å². The third-order valence-electron chi connectivity index (χ3n) is 1.87. The third kappa shape index (κ3) is 1.58. The molecule has 2 rings (SSSR count). The molecule has 0 fully saturated rings. The smallest absolute Gasteiger partial charge is 0.236 e. The van der Waals surface area contributed by atoms with Crippen molar-refractivity contribution in [3.8, 4) is 10.8 Å². The van der Waals surface area contributed by atoms with E-state index in [1.54, 1.807) is 25.2 Å². The van der Waals surface area contributed by atoms with Crippen LogP contribution in [0.5, 0.6) is 0 Å². The number of hydrogen-bond acceptors (Lipinski definition) is 4. The highest BCUT2D eigenvalue weighted by Crippen LogP contribution is 2.27. The first-order chi connectivity index (χ1) is 6.68. The standard InChI is InChI=1S/C10H10NO2S/c1-6(12)9-7(2)13-10(11-9)8-4-3-5-14-8/h3-5,12H,1-2H3. The Morgan fingerprint density at radius 1 is 1.57 bits per heavy atom. The summed E-state index contributed by atoms with van der Waals surface area (Å²) in [6, 6.07) is 3.88. The maximum absolute atomic E-state index is 9.31. The van der Waals surface area contributed by atoms with Crippen LogP contribution in [0.25, 0.3) is 10.8 Å². The predicted octanol–water partition coefficient (Wildman–Crippen LogP) is 2.98. The van der Waals surface area contributed by atoms with E-state index in [4.69, 9.17) is 4.42 Å². The lowest BCUT2D eigenvalue weighted by molar-refractivity contribution is 0.334. The molecule has 0 saturated heterocycles. The maximum atomic E-state index is 9.31. The molecule has 2 aromatic rings. The molecule has 0 amide bonds. The van der Waals surface area contributed by atoms with Crippen molar-refractivity contribution < 1.29 is 9.52 Å². The van der Waals surface area contributed by atoms with E-state index in [0.717, 1.165) is 4.88 Å². The van der Waals surface area contributed by atoms with Crippen LogP contribution in [0, 0.1) is 13.0 Å². The minimum absolute atomic E-state index is 0.189. The molecule has 3 nitrogen and oxygen atoms in total. The van der Waals surface area contributed by atoms with Crippen LogP contribution in [-0.4, -0.2) is 10.1 Å². The second kappa shape index (κ2) is 3.55. The Hall–Kier alpha value is -1.13. The van der Waals surface area contributed by atoms with Gasteiger partial charge in [0, 0.05) is 0 Å². The van der Waals surface area contributed by atoms with Crippen molar-refractivity contribution >= 4 is 11.3 Å². The van der Waals surface area contributed by atoms with Crippen LogP contribution in [0.15, 0.2) is 21.9 Å². The number of aromatic nitrogens is 1. The molecule has 0 aliphatic rings. The summed E-state index contributed by atoms with van der Waals surface area (Å²) in [6.45, 7) is 3.39. The molecule has 0 unspecified atom stereocenters. The molecule has 1 radical (unpaired) electrons. The summed E-state index contributed by atoms with van der Waals surface area (Å²) in [4.78, 5) is 5.18. The molecule has 0 spiro atoms. The van der Waals surface area contributed by atoms with Crippen molar-refractivity contribution in [3.63, 3.8) is 0 Å². The van der Waals surface area contributed by atoms with Gasteiger partial charge in [-0.3, -0.25) is 0 Å². The van der Waals surface area contributed by atoms with Gasteiger partial charge in [-0.15, -0.1) is 11.3 Å². The second-order valence-electron chi connectivity index (χ2n) is 2.99. The fourth-order valence-corrected chi connectivity index (χ4v) is 1.89. The van der Waals surface area contributed by atoms with Crippen molar-refractivity contribution in [2.75, 3.05) is 0 Å². The Balaban J connectivity index is 2.43. The van der Waals surface area contributed by atoms with E-state index >= 15 is 0 Å². The fraction of sp³-hybridized carbons (Fsp3) is 0.200. The van der Waals surface area contributed by atoms with E-state index in [0.29, 0.717) is 17.3 Å². The Kier molecular flexibility index (Phi) is 2.39. The first-order valence-electron chi connectivity index (χ1n) is 4.22. The molecule has 0 aliphatic heterocycles. The Morgan fingerprint density at radius 3 is 2.86 bits per heavy atom. The summed E-state index contributed by atoms with van der Waals surface area (Å²) in [6.07, 6.45) is 0.189. The monoisotopic (exact) mass is 208 g/mol. The molecular weight excluding hydrogens is 198 g/mol. The average Bonchev–Trinajstić information content (AvgIpc) is 2.70. The van der Waals surface area contributed by atoms with Crippen molar-refractivity contribution in [2.45, 2.75) is 13.8 Å². The van der Waals surface area contributed by atoms with Gasteiger partial charge in [-0.2, -0.15) is 0 Å². The molecule has 0 saturated carbocycles. The summed E-state index contributed by atoms with van der Waals surface area (Å²) in [5.74, 6) is 1.22. The summed E-state index contributed by atoms with van der Waals surface area (Å²) in [7, 11) is 0. The number of thiophene rings is 1. The lowest BCUT2D eigenvalue weighted by Gasteiger charge is -1.95. The van der Waals surface area contributed by atoms with Crippen molar-refractivity contribution in [3.05, 3.63) is 35.1 Å². The molecule has 14 heavy (non-hydrogen) atoms. The van der Waals surface area contributed by atoms with Crippen molar-refractivity contribution in [1.29, 1.82) is 0 Å². The summed E-state index contributed by atoms with van der Waals surface area (Å²) < 4.78 is 5.44. The average molecular weight is 208 g/mol. The lowest BCUT2D eigenvalue weighted by Crippen LogP contribution is -1.94. The topological polar surface area (TPSA) is 46.3 Å². The third-order valence-corrected chi connectivity index (χ3v) is 2.73. The van der Waals surface area contributed by atoms with Crippen molar-refractivity contribution in [2.24, 2.45) is 0 Å². The highest BCUT2D eigenvalue weighted by atomic mass is 32.1. The molecule has 0 aliphatic carbocycles. The van der Waals surface area contributed by atoms with Crippen LogP contribution in [0.3, 0.4) is 0 Å². The molecule has 0 atom stereocenters. The Morgan fingerprint density at radius 2 is 2.36 bits per heavy atom. The molecule has 2 heterocycles. The zero-order valence-corrected chi connectivity index (χ0v) is 8.76. The van der Waals surface area contributed by atoms with Gasteiger partial charge in [0.05, 0.1) is 4.88 Å². The van der Waals surface area contributed by atoms with E-state index in [2.05, 4.69) is 4.98 Å². The number of oxazole rings is 1. The molecule has 0 bridgehead atoms. The van der Waals surface area contributed by atoms with Crippen molar-refractivity contribution in [1.82, 2.24) is 4.98 Å². The summed E-state index contributed by atoms with van der Waals surface area (Å²) in [5.41, 5.74) is 0.536. The van der Waals surface area contributed by atoms with Crippen LogP contribution < -0.4 is 0 Å². The lowest BCUT2D eigenvalue weighted by atomic mass is 10.2. The first-order valence-corrected chi connectivity index (χ1v) is 5.10. The quantitative estimate of drug-likeness (QED) is 0.825. The van der Waals surface area contributed by atoms with E-state index in [9.17, 15) is 5.11 Å². The largest absolute Gasteiger partial charge is 0.440 e. The van der Waals surface area contributed by atoms with Crippen LogP contribution in [0.4, 0.5) is 0 Å². The molecule has 1 N–H and O–H groups in total. The van der Waals surface area contributed by atoms with Gasteiger partial charge in [0.2, 0.25) is 5.89 Å². The number of nitrogens with zero attached hydrogens (tertiary/aromatic N) is 1. The summed E-state index contributed by atoms with van der Waals surface area (Å²) >= 11 is 1.56. The number of rotatable bonds is 2. The number of aliphatic hydroxyl groups excluding tert-OH is 1. The maximum Gasteiger partial charge on any atom is 0.236 e. The zero-order valence-electron chi connectivity index (χ0n) is 7.94. The van der Waals surface area contributed by atoms with Crippen LogP contribution >= 0.6 is 11.3 Å². The second-order valence-corrected chi connectivity index (χ2v) is 3.93. The fourth-order valence-electron chi connectivity index (χ4n) is 1.24. The number of aliphatic hydroxyl groups is 1. The van der Waals surface area contributed by atoms with Crippen LogP contribution in [0.1, 0.15) is 18.4 Å². The molecule has 4 heteroatoms. The molecule has 0 aromatic carbocycles. The Bertz CT molecular complexity index is 417. The molecular formula is C10H10NO2S. The van der Waals surface area contributed by atoms with Gasteiger partial charge in [0.1, 0.15) is 17.6 Å². The first kappa shape index (κ1) is 9.43. The SMILES string of the molecule is C[C](O)c1nc(-c2cccs2)oc1C. The van der Waals surface area contributed by atoms with E-state index in [1.165, 1.54) is 0 Å². The van der Waals surface area contributed by atoms with Gasteiger partial charge >= 0.3 is 0 Å². The van der Waals surface area contributed by atoms with Gasteiger partial charge < -0.3 is 9.52 Å². The van der Waals surface area contributed by atoms with Gasteiger partial charge in [-0.05, 0) is 25.3 Å². The zero-order chi connectivity index (χ0) is 10.1. The minimum atomic E-state index is 0.189. The predicted molar refractivity (Wildman–Crippen MR) is 54.5 cm³/mol. The van der Waals surface area contributed by atoms with Crippen LogP contribution in [0.2, 0.25) is 0 Å². The van der Waals surface area contributed by atoms with Gasteiger partial charge in [-0.1, -0.05) is 6.07 Å². The van der Waals surface area contributed by atoms with E-state index in [-0.39, 0.29) is 6.10 Å². The van der Waals surface area contributed by atoms with Gasteiger partial charge in [-0.25, -0.2) is 4.98 Å². The minimum Gasteiger partial charge on any atom is -0.440 e. The van der Waals surface area contributed by atoms with Gasteiger partial charge in [0.15, 0.2) is 0 Å². The summed E-state index contributed by atoms with van der Waals surface area (Å²) in [5, 5.41) is 11.3. The Labute approximate surface area is 86.0 Å². The highest BCUT2D eigenvalue weighted by molar-refractivity contribution is 7.13. The molecule has 2 aromatic heterocycles. The normalized spacial score (nSPS) is 11.1. The number of hydrogen-bond donors (Lipinski definition) is 1. The molecule has 73 valence electrons. The van der Waals surface area contributed by atoms with E-state index < -0.39 is 0 Å².